The van der Waals surface area contributed by atoms with E-state index >= 15 is 0 Å². The lowest BCUT2D eigenvalue weighted by Crippen LogP contribution is -2.21. The van der Waals surface area contributed by atoms with Gasteiger partial charge in [0.05, 0.1) is 12.2 Å². The van der Waals surface area contributed by atoms with Crippen molar-refractivity contribution in [3.8, 4) is 0 Å². The largest absolute Gasteiger partial charge is 0.376 e. The standard InChI is InChI=1S/C15H14BrFN2O/c1-10-8-11(6-7-13(10)17)18-9-15(20)19-14-5-3-2-4-12(14)16/h2-8,18H,9H2,1H3,(H,19,20). The Morgan fingerprint density at radius 1 is 1.25 bits per heavy atom. The van der Waals surface area contributed by atoms with E-state index in [4.69, 9.17) is 0 Å². The summed E-state index contributed by atoms with van der Waals surface area (Å²) in [4.78, 5) is 11.8. The lowest BCUT2D eigenvalue weighted by molar-refractivity contribution is -0.114. The van der Waals surface area contributed by atoms with Crippen LogP contribution in [-0.2, 0) is 4.79 Å². The number of rotatable bonds is 4. The molecule has 0 aliphatic heterocycles. The Hall–Kier alpha value is -1.88. The van der Waals surface area contributed by atoms with Gasteiger partial charge in [0.15, 0.2) is 0 Å². The van der Waals surface area contributed by atoms with Gasteiger partial charge in [0.1, 0.15) is 5.82 Å². The predicted molar refractivity (Wildman–Crippen MR) is 82.4 cm³/mol. The zero-order valence-electron chi connectivity index (χ0n) is 10.9. The zero-order chi connectivity index (χ0) is 14.5. The Morgan fingerprint density at radius 2 is 2.00 bits per heavy atom. The van der Waals surface area contributed by atoms with Crippen molar-refractivity contribution in [3.05, 3.63) is 58.3 Å². The van der Waals surface area contributed by atoms with Crippen molar-refractivity contribution < 1.29 is 9.18 Å². The number of nitrogens with one attached hydrogen (secondary N) is 2. The molecule has 20 heavy (non-hydrogen) atoms. The molecule has 0 aliphatic carbocycles. The summed E-state index contributed by atoms with van der Waals surface area (Å²) in [6, 6.07) is 12.0. The van der Waals surface area contributed by atoms with Gasteiger partial charge >= 0.3 is 0 Å². The van der Waals surface area contributed by atoms with Crippen LogP contribution in [0.15, 0.2) is 46.9 Å². The number of benzene rings is 2. The van der Waals surface area contributed by atoms with Crippen LogP contribution in [0, 0.1) is 12.7 Å². The molecule has 0 atom stereocenters. The van der Waals surface area contributed by atoms with Gasteiger partial charge in [-0.25, -0.2) is 4.39 Å². The highest BCUT2D eigenvalue weighted by Crippen LogP contribution is 2.21. The fourth-order valence-electron chi connectivity index (χ4n) is 1.69. The molecule has 2 aromatic rings. The van der Waals surface area contributed by atoms with E-state index in [9.17, 15) is 9.18 Å². The number of amides is 1. The lowest BCUT2D eigenvalue weighted by Gasteiger charge is -2.09. The minimum atomic E-state index is -0.256. The molecule has 2 rings (SSSR count). The lowest BCUT2D eigenvalue weighted by atomic mass is 10.2. The second-order valence-corrected chi connectivity index (χ2v) is 5.20. The van der Waals surface area contributed by atoms with Crippen molar-refractivity contribution in [2.24, 2.45) is 0 Å². The number of para-hydroxylation sites is 1. The number of halogens is 2. The topological polar surface area (TPSA) is 41.1 Å². The SMILES string of the molecule is Cc1cc(NCC(=O)Nc2ccccc2Br)ccc1F. The summed E-state index contributed by atoms with van der Waals surface area (Å²) in [7, 11) is 0. The second-order valence-electron chi connectivity index (χ2n) is 4.35. The zero-order valence-corrected chi connectivity index (χ0v) is 12.5. The van der Waals surface area contributed by atoms with Gasteiger partial charge in [-0.2, -0.15) is 0 Å². The van der Waals surface area contributed by atoms with Gasteiger partial charge in [0, 0.05) is 10.2 Å². The molecule has 3 nitrogen and oxygen atoms in total. The average Bonchev–Trinajstić information content (AvgIpc) is 2.43. The first kappa shape index (κ1) is 14.5. The molecule has 0 fully saturated rings. The molecule has 0 aliphatic rings. The first-order valence-electron chi connectivity index (χ1n) is 6.10. The average molecular weight is 337 g/mol. The summed E-state index contributed by atoms with van der Waals surface area (Å²) in [6.07, 6.45) is 0. The van der Waals surface area contributed by atoms with Crippen LogP contribution in [0.3, 0.4) is 0 Å². The maximum absolute atomic E-state index is 13.1. The molecule has 0 saturated heterocycles. The smallest absolute Gasteiger partial charge is 0.243 e. The van der Waals surface area contributed by atoms with Crippen LogP contribution in [0.5, 0.6) is 0 Å². The Morgan fingerprint density at radius 3 is 2.70 bits per heavy atom. The van der Waals surface area contributed by atoms with Gasteiger partial charge in [0.25, 0.3) is 0 Å². The van der Waals surface area contributed by atoms with Gasteiger partial charge in [-0.15, -0.1) is 0 Å². The molecule has 2 N–H and O–H groups in total. The minimum Gasteiger partial charge on any atom is -0.376 e. The van der Waals surface area contributed by atoms with Crippen molar-refractivity contribution in [1.82, 2.24) is 0 Å². The van der Waals surface area contributed by atoms with Crippen molar-refractivity contribution in [2.75, 3.05) is 17.2 Å². The summed E-state index contributed by atoms with van der Waals surface area (Å²) < 4.78 is 13.9. The van der Waals surface area contributed by atoms with Gasteiger partial charge < -0.3 is 10.6 Å². The molecule has 5 heteroatoms. The van der Waals surface area contributed by atoms with Crippen LogP contribution in [0.4, 0.5) is 15.8 Å². The third-order valence-electron chi connectivity index (χ3n) is 2.76. The summed E-state index contributed by atoms with van der Waals surface area (Å²) in [5.74, 6) is -0.424. The van der Waals surface area contributed by atoms with Crippen LogP contribution in [-0.4, -0.2) is 12.5 Å². The van der Waals surface area contributed by atoms with Gasteiger partial charge in [-0.05, 0) is 58.7 Å². The van der Waals surface area contributed by atoms with Gasteiger partial charge in [-0.1, -0.05) is 12.1 Å². The maximum atomic E-state index is 13.1. The number of carbonyl (C=O) groups excluding carboxylic acids is 1. The fourth-order valence-corrected chi connectivity index (χ4v) is 2.08. The van der Waals surface area contributed by atoms with Crippen LogP contribution in [0.1, 0.15) is 5.56 Å². The minimum absolute atomic E-state index is 0.117. The molecule has 0 saturated carbocycles. The van der Waals surface area contributed by atoms with E-state index in [0.29, 0.717) is 11.3 Å². The van der Waals surface area contributed by atoms with Crippen LogP contribution in [0.25, 0.3) is 0 Å². The molecular formula is C15H14BrFN2O. The highest BCUT2D eigenvalue weighted by molar-refractivity contribution is 9.10. The number of carbonyl (C=O) groups is 1. The summed E-state index contributed by atoms with van der Waals surface area (Å²) >= 11 is 3.36. The molecule has 0 radical (unpaired) electrons. The molecule has 0 heterocycles. The molecule has 0 bridgehead atoms. The third-order valence-corrected chi connectivity index (χ3v) is 3.45. The van der Waals surface area contributed by atoms with Crippen molar-refractivity contribution in [3.63, 3.8) is 0 Å². The Labute approximate surface area is 125 Å². The third kappa shape index (κ3) is 3.81. The quantitative estimate of drug-likeness (QED) is 0.887. The molecule has 0 unspecified atom stereocenters. The fraction of sp³-hybridized carbons (Fsp3) is 0.133. The van der Waals surface area contributed by atoms with Crippen LogP contribution >= 0.6 is 15.9 Å². The molecule has 0 aromatic heterocycles. The van der Waals surface area contributed by atoms with Gasteiger partial charge in [-0.3, -0.25) is 4.79 Å². The number of aryl methyl sites for hydroxylation is 1. The highest BCUT2D eigenvalue weighted by Gasteiger charge is 2.05. The summed E-state index contributed by atoms with van der Waals surface area (Å²) in [5, 5.41) is 5.74. The Kier molecular flexibility index (Phi) is 4.74. The van der Waals surface area contributed by atoms with E-state index in [1.54, 1.807) is 19.1 Å². The number of hydrogen-bond donors (Lipinski definition) is 2. The van der Waals surface area contributed by atoms with Crippen LogP contribution in [0.2, 0.25) is 0 Å². The second kappa shape index (κ2) is 6.52. The van der Waals surface area contributed by atoms with E-state index in [2.05, 4.69) is 26.6 Å². The Balaban J connectivity index is 1.92. The van der Waals surface area contributed by atoms with Crippen LogP contribution < -0.4 is 10.6 Å². The monoisotopic (exact) mass is 336 g/mol. The van der Waals surface area contributed by atoms with E-state index in [0.717, 1.165) is 10.2 Å². The number of hydrogen-bond acceptors (Lipinski definition) is 2. The molecular weight excluding hydrogens is 323 g/mol. The van der Waals surface area contributed by atoms with E-state index in [1.165, 1.54) is 6.07 Å². The summed E-state index contributed by atoms with van der Waals surface area (Å²) in [5.41, 5.74) is 1.97. The molecule has 104 valence electrons. The van der Waals surface area contributed by atoms with Crippen molar-refractivity contribution >= 4 is 33.2 Å². The first-order valence-corrected chi connectivity index (χ1v) is 6.90. The van der Waals surface area contributed by atoms with Crippen molar-refractivity contribution in [2.45, 2.75) is 6.92 Å². The Bertz CT molecular complexity index is 631. The predicted octanol–water partition coefficient (Wildman–Crippen LogP) is 3.95. The normalized spacial score (nSPS) is 10.2. The molecule has 1 amide bonds. The highest BCUT2D eigenvalue weighted by atomic mass is 79.9. The van der Waals surface area contributed by atoms with E-state index in [-0.39, 0.29) is 18.3 Å². The summed E-state index contributed by atoms with van der Waals surface area (Å²) in [6.45, 7) is 1.80. The maximum Gasteiger partial charge on any atom is 0.243 e. The number of anilines is 2. The van der Waals surface area contributed by atoms with Gasteiger partial charge in [0.2, 0.25) is 5.91 Å². The van der Waals surface area contributed by atoms with E-state index in [1.807, 2.05) is 24.3 Å². The first-order chi connectivity index (χ1) is 9.56. The molecule has 2 aromatic carbocycles. The van der Waals surface area contributed by atoms with Crippen molar-refractivity contribution in [1.29, 1.82) is 0 Å². The van der Waals surface area contributed by atoms with E-state index < -0.39 is 0 Å². The molecule has 0 spiro atoms.